The standard InChI is InChI=1S/Cl2H2P2.Ni/c1-4(2)3;/h3H2;. The van der Waals surface area contributed by atoms with E-state index in [1.165, 1.54) is 0 Å². The van der Waals surface area contributed by atoms with E-state index >= 15 is 0 Å². The second kappa shape index (κ2) is 5.93. The predicted molar refractivity (Wildman–Crippen MR) is 28.3 cm³/mol. The van der Waals surface area contributed by atoms with Gasteiger partial charge in [-0.1, -0.05) is 31.4 Å². The van der Waals surface area contributed by atoms with E-state index < -0.39 is 6.32 Å². The van der Waals surface area contributed by atoms with Gasteiger partial charge in [0.15, 0.2) is 0 Å². The molecule has 0 saturated heterocycles. The molecule has 0 aliphatic carbocycles. The monoisotopic (exact) mass is 192 g/mol. The summed E-state index contributed by atoms with van der Waals surface area (Å²) in [6.07, 6.45) is -0.759. The quantitative estimate of drug-likeness (QED) is 0.410. The van der Waals surface area contributed by atoms with Crippen molar-refractivity contribution in [3.05, 3.63) is 0 Å². The van der Waals surface area contributed by atoms with Crippen molar-refractivity contribution < 1.29 is 16.5 Å². The summed E-state index contributed by atoms with van der Waals surface area (Å²) in [7, 11) is 2.25. The Morgan fingerprint density at radius 2 is 1.40 bits per heavy atom. The first-order valence-electron chi connectivity index (χ1n) is 0.596. The maximum Gasteiger partial charge on any atom is 0.103 e. The molecule has 0 amide bonds. The molecular formula is H2Cl2NiP2. The molecule has 0 aromatic rings. The van der Waals surface area contributed by atoms with E-state index in [4.69, 9.17) is 22.5 Å². The van der Waals surface area contributed by atoms with E-state index in [1.54, 1.807) is 0 Å². The molecule has 0 aliphatic rings. The summed E-state index contributed by atoms with van der Waals surface area (Å²) < 4.78 is 0. The van der Waals surface area contributed by atoms with Gasteiger partial charge < -0.3 is 0 Å². The topological polar surface area (TPSA) is 0 Å². The Hall–Kier alpha value is 1.93. The first-order chi connectivity index (χ1) is 1.73. The molecule has 0 rings (SSSR count). The molecule has 0 fully saturated rings. The smallest absolute Gasteiger partial charge is 0.0788 e. The van der Waals surface area contributed by atoms with Crippen molar-refractivity contribution in [1.82, 2.24) is 0 Å². The third-order valence-electron chi connectivity index (χ3n) is 0. The van der Waals surface area contributed by atoms with Crippen LogP contribution in [0.15, 0.2) is 0 Å². The van der Waals surface area contributed by atoms with Gasteiger partial charge in [0.25, 0.3) is 0 Å². The molecule has 0 aromatic heterocycles. The van der Waals surface area contributed by atoms with Crippen molar-refractivity contribution in [3.8, 4) is 0 Å². The number of halogens is 2. The zero-order valence-corrected chi connectivity index (χ0v) is 6.65. The molecule has 5 heteroatoms. The number of rotatable bonds is 0. The van der Waals surface area contributed by atoms with Gasteiger partial charge in [-0.15, -0.1) is 0 Å². The van der Waals surface area contributed by atoms with Crippen LogP contribution in [0.1, 0.15) is 0 Å². The molecule has 0 aromatic carbocycles. The fraction of sp³-hybridized carbons (Fsp3) is 0. The van der Waals surface area contributed by atoms with Crippen LogP contribution in [0.5, 0.6) is 0 Å². The van der Waals surface area contributed by atoms with Gasteiger partial charge in [0, 0.05) is 16.5 Å². The minimum Gasteiger partial charge on any atom is -0.0788 e. The van der Waals surface area contributed by atoms with Crippen LogP contribution in [-0.2, 0) is 16.5 Å². The van der Waals surface area contributed by atoms with E-state index in [0.717, 1.165) is 0 Å². The van der Waals surface area contributed by atoms with Gasteiger partial charge in [0.1, 0.15) is 6.32 Å². The average Bonchev–Trinajstić information content (AvgIpc) is 0.811. The summed E-state index contributed by atoms with van der Waals surface area (Å²) in [5, 5.41) is 0. The van der Waals surface area contributed by atoms with Crippen molar-refractivity contribution >= 4 is 37.7 Å². The summed E-state index contributed by atoms with van der Waals surface area (Å²) in [6, 6.07) is 0. The largest absolute Gasteiger partial charge is 0.103 e. The average molecular weight is 194 g/mol. The van der Waals surface area contributed by atoms with E-state index in [1.807, 2.05) is 0 Å². The number of hydrogen-bond donors (Lipinski definition) is 0. The molecule has 0 heterocycles. The Bertz CT molecular complexity index is 12.4. The molecular weight excluding hydrogens is 192 g/mol. The molecule has 1 unspecified atom stereocenters. The second-order valence-corrected chi connectivity index (χ2v) is 6.99. The maximum absolute atomic E-state index is 5.07. The predicted octanol–water partition coefficient (Wildman–Crippen LogP) is 2.56. The first-order valence-corrected chi connectivity index (χ1v) is 5.37. The van der Waals surface area contributed by atoms with Crippen LogP contribution in [0.25, 0.3) is 0 Å². The van der Waals surface area contributed by atoms with Gasteiger partial charge in [0.05, 0.1) is 0 Å². The van der Waals surface area contributed by atoms with Crippen LogP contribution in [0.3, 0.4) is 0 Å². The molecule has 0 aliphatic heterocycles. The van der Waals surface area contributed by atoms with Gasteiger partial charge in [-0.3, -0.25) is 0 Å². The molecule has 0 N–H and O–H groups in total. The summed E-state index contributed by atoms with van der Waals surface area (Å²) in [5.41, 5.74) is 0. The second-order valence-electron chi connectivity index (χ2n) is 0.259. The molecule has 0 saturated carbocycles. The zero-order chi connectivity index (χ0) is 3.58. The van der Waals surface area contributed by atoms with Crippen molar-refractivity contribution in [2.75, 3.05) is 0 Å². The maximum atomic E-state index is 5.07. The fourth-order valence-corrected chi connectivity index (χ4v) is 0. The Labute approximate surface area is 54.3 Å². The van der Waals surface area contributed by atoms with E-state index in [9.17, 15) is 0 Å². The zero-order valence-electron chi connectivity index (χ0n) is 2.10. The van der Waals surface area contributed by atoms with E-state index in [0.29, 0.717) is 0 Å². The van der Waals surface area contributed by atoms with E-state index in [2.05, 4.69) is 8.93 Å². The van der Waals surface area contributed by atoms with Crippen LogP contribution < -0.4 is 0 Å². The summed E-state index contributed by atoms with van der Waals surface area (Å²) in [5.74, 6) is 0. The van der Waals surface area contributed by atoms with Gasteiger partial charge in [-0.05, 0) is 0 Å². The van der Waals surface area contributed by atoms with Gasteiger partial charge in [-0.2, -0.15) is 0 Å². The van der Waals surface area contributed by atoms with Gasteiger partial charge in [0.2, 0.25) is 0 Å². The van der Waals surface area contributed by atoms with Crippen molar-refractivity contribution in [2.24, 2.45) is 0 Å². The van der Waals surface area contributed by atoms with Crippen LogP contribution in [0, 0.1) is 0 Å². The molecule has 5 heavy (non-hydrogen) atoms. The van der Waals surface area contributed by atoms with Gasteiger partial charge >= 0.3 is 0 Å². The third-order valence-corrected chi connectivity index (χ3v) is 0. The van der Waals surface area contributed by atoms with Crippen LogP contribution in [0.2, 0.25) is 0 Å². The number of hydrogen-bond acceptors (Lipinski definition) is 0. The molecule has 0 radical (unpaired) electrons. The molecule has 0 nitrogen and oxygen atoms in total. The minimum absolute atomic E-state index is 0. The summed E-state index contributed by atoms with van der Waals surface area (Å²) in [6.45, 7) is 0. The van der Waals surface area contributed by atoms with Crippen LogP contribution in [-0.4, -0.2) is 0 Å². The summed E-state index contributed by atoms with van der Waals surface area (Å²) in [4.78, 5) is 0. The molecule has 0 bridgehead atoms. The van der Waals surface area contributed by atoms with Crippen LogP contribution in [0.4, 0.5) is 0 Å². The Balaban J connectivity index is 0. The Morgan fingerprint density at radius 1 is 1.40 bits per heavy atom. The Kier molecular flexibility index (Phi) is 11.9. The third kappa shape index (κ3) is 24.6. The van der Waals surface area contributed by atoms with E-state index in [-0.39, 0.29) is 16.5 Å². The Morgan fingerprint density at radius 3 is 1.40 bits per heavy atom. The van der Waals surface area contributed by atoms with Gasteiger partial charge in [-0.25, -0.2) is 0 Å². The fourth-order valence-electron chi connectivity index (χ4n) is 0. The summed E-state index contributed by atoms with van der Waals surface area (Å²) >= 11 is 10.1. The minimum atomic E-state index is -0.759. The molecule has 1 atom stereocenters. The van der Waals surface area contributed by atoms with Crippen LogP contribution >= 0.6 is 37.7 Å². The molecule has 0 spiro atoms. The van der Waals surface area contributed by atoms with Crippen molar-refractivity contribution in [3.63, 3.8) is 0 Å². The SMILES string of the molecule is PP(Cl)Cl.[Ni]. The normalized spacial score (nSPS) is 7.20. The molecule has 36 valence electrons. The first kappa shape index (κ1) is 10.0. The van der Waals surface area contributed by atoms with Crippen molar-refractivity contribution in [2.45, 2.75) is 0 Å². The van der Waals surface area contributed by atoms with Crippen molar-refractivity contribution in [1.29, 1.82) is 0 Å².